The average Bonchev–Trinajstić information content (AvgIpc) is 3.01. The molecule has 0 radical (unpaired) electrons. The highest BCUT2D eigenvalue weighted by Crippen LogP contribution is 2.31. The molecule has 1 aromatic heterocycles. The van der Waals surface area contributed by atoms with E-state index in [0.717, 1.165) is 43.9 Å². The van der Waals surface area contributed by atoms with Gasteiger partial charge >= 0.3 is 0 Å². The first kappa shape index (κ1) is 17.5. The highest BCUT2D eigenvalue weighted by Gasteiger charge is 2.40. The quantitative estimate of drug-likeness (QED) is 0.782. The standard InChI is InChI=1S/C20H25N3O2S/c1-2-25-19-5-3-4-15(8-19)9-22-10-16-6-7-18(12-22)23(20(16)24)11-17-13-26-14-21-17/h3-5,8,13-14,16,18H,2,6-7,9-12H2,1H3/t16-,18+/m0/s1. The number of hydrogen-bond donors (Lipinski definition) is 0. The zero-order chi connectivity index (χ0) is 17.9. The fourth-order valence-electron chi connectivity index (χ4n) is 4.12. The Morgan fingerprint density at radius 1 is 1.27 bits per heavy atom. The number of rotatable bonds is 6. The summed E-state index contributed by atoms with van der Waals surface area (Å²) in [6.45, 7) is 5.98. The van der Waals surface area contributed by atoms with Crippen LogP contribution in [0.3, 0.4) is 0 Å². The van der Waals surface area contributed by atoms with Gasteiger partial charge in [-0.05, 0) is 37.5 Å². The number of aromatic nitrogens is 1. The van der Waals surface area contributed by atoms with Gasteiger partial charge < -0.3 is 9.64 Å². The molecule has 138 valence electrons. The van der Waals surface area contributed by atoms with Crippen LogP contribution in [-0.2, 0) is 17.9 Å². The minimum absolute atomic E-state index is 0.113. The van der Waals surface area contributed by atoms with Crippen LogP contribution in [0.1, 0.15) is 31.0 Å². The molecule has 0 saturated carbocycles. The summed E-state index contributed by atoms with van der Waals surface area (Å²) >= 11 is 1.59. The molecule has 0 N–H and O–H groups in total. The number of thiazole rings is 1. The van der Waals surface area contributed by atoms with Crippen LogP contribution in [0.15, 0.2) is 35.2 Å². The van der Waals surface area contributed by atoms with Gasteiger partial charge in [-0.1, -0.05) is 12.1 Å². The number of ether oxygens (including phenoxy) is 1. The van der Waals surface area contributed by atoms with Crippen LogP contribution in [-0.4, -0.2) is 46.4 Å². The number of benzene rings is 1. The molecule has 3 fully saturated rings. The van der Waals surface area contributed by atoms with Crippen molar-refractivity contribution in [1.82, 2.24) is 14.8 Å². The largest absolute Gasteiger partial charge is 0.494 e. The Morgan fingerprint density at radius 3 is 3.00 bits per heavy atom. The summed E-state index contributed by atoms with van der Waals surface area (Å²) in [7, 11) is 0. The van der Waals surface area contributed by atoms with Gasteiger partial charge in [-0.3, -0.25) is 9.69 Å². The molecule has 5 rings (SSSR count). The maximum Gasteiger partial charge on any atom is 0.227 e. The molecule has 2 aromatic rings. The summed E-state index contributed by atoms with van der Waals surface area (Å²) in [5.41, 5.74) is 4.09. The number of carbonyl (C=O) groups excluding carboxylic acids is 1. The van der Waals surface area contributed by atoms with Crippen molar-refractivity contribution in [3.05, 3.63) is 46.4 Å². The van der Waals surface area contributed by atoms with Crippen LogP contribution in [0.2, 0.25) is 0 Å². The molecule has 4 heterocycles. The number of hydrogen-bond acceptors (Lipinski definition) is 5. The van der Waals surface area contributed by atoms with Crippen LogP contribution >= 0.6 is 11.3 Å². The van der Waals surface area contributed by atoms with Crippen molar-refractivity contribution in [2.24, 2.45) is 5.92 Å². The molecule has 2 bridgehead atoms. The van der Waals surface area contributed by atoms with Crippen molar-refractivity contribution in [1.29, 1.82) is 0 Å². The first-order chi connectivity index (χ1) is 12.7. The minimum Gasteiger partial charge on any atom is -0.494 e. The third-order valence-corrected chi connectivity index (χ3v) is 5.94. The highest BCUT2D eigenvalue weighted by molar-refractivity contribution is 7.07. The van der Waals surface area contributed by atoms with E-state index in [2.05, 4.69) is 26.9 Å². The van der Waals surface area contributed by atoms with Gasteiger partial charge in [0.05, 0.1) is 30.3 Å². The Balaban J connectivity index is 1.47. The molecule has 3 aliphatic heterocycles. The first-order valence-corrected chi connectivity index (χ1v) is 10.3. The number of carbonyl (C=O) groups is 1. The van der Waals surface area contributed by atoms with Crippen LogP contribution in [0.25, 0.3) is 0 Å². The van der Waals surface area contributed by atoms with Gasteiger partial charge in [-0.15, -0.1) is 11.3 Å². The van der Waals surface area contributed by atoms with E-state index in [9.17, 15) is 4.79 Å². The van der Waals surface area contributed by atoms with Crippen molar-refractivity contribution in [2.45, 2.75) is 38.9 Å². The van der Waals surface area contributed by atoms with Crippen molar-refractivity contribution in [3.8, 4) is 5.75 Å². The Bertz CT molecular complexity index is 749. The SMILES string of the molecule is CCOc1cccc(CN2C[C@@H]3CC[C@H](C2)N(Cc2cscn2)C3=O)c1. The molecule has 5 nitrogen and oxygen atoms in total. The second-order valence-electron chi connectivity index (χ2n) is 7.15. The average molecular weight is 372 g/mol. The highest BCUT2D eigenvalue weighted by atomic mass is 32.1. The van der Waals surface area contributed by atoms with Crippen LogP contribution < -0.4 is 4.74 Å². The predicted octanol–water partition coefficient (Wildman–Crippen LogP) is 3.16. The van der Waals surface area contributed by atoms with Crippen LogP contribution in [0.5, 0.6) is 5.75 Å². The molecule has 0 aliphatic carbocycles. The van der Waals surface area contributed by atoms with Gasteiger partial charge in [0.15, 0.2) is 0 Å². The van der Waals surface area contributed by atoms with Crippen molar-refractivity contribution in [3.63, 3.8) is 0 Å². The summed E-state index contributed by atoms with van der Waals surface area (Å²) in [5, 5.41) is 2.04. The maximum atomic E-state index is 12.9. The Hall–Kier alpha value is -1.92. The lowest BCUT2D eigenvalue weighted by atomic mass is 9.94. The Morgan fingerprint density at radius 2 is 2.19 bits per heavy atom. The number of fused-ring (bicyclic) bond motifs is 4. The zero-order valence-corrected chi connectivity index (χ0v) is 16.0. The summed E-state index contributed by atoms with van der Waals surface area (Å²) in [4.78, 5) is 21.8. The van der Waals surface area contributed by atoms with Crippen LogP contribution in [0, 0.1) is 5.92 Å². The molecule has 1 aromatic carbocycles. The third kappa shape index (κ3) is 3.76. The molecular formula is C20H25N3O2S. The monoisotopic (exact) mass is 371 g/mol. The normalized spacial score (nSPS) is 23.3. The van der Waals surface area contributed by atoms with E-state index in [1.165, 1.54) is 5.56 Å². The number of amides is 1. The van der Waals surface area contributed by atoms with E-state index in [0.29, 0.717) is 19.1 Å². The Kier molecular flexibility index (Phi) is 5.22. The Labute approximate surface area is 158 Å². The molecule has 0 unspecified atom stereocenters. The van der Waals surface area contributed by atoms with E-state index in [-0.39, 0.29) is 12.0 Å². The van der Waals surface area contributed by atoms with Gasteiger partial charge in [0, 0.05) is 31.1 Å². The van der Waals surface area contributed by atoms with Gasteiger partial charge in [-0.2, -0.15) is 0 Å². The van der Waals surface area contributed by atoms with Crippen molar-refractivity contribution in [2.75, 3.05) is 19.7 Å². The smallest absolute Gasteiger partial charge is 0.227 e. The van der Waals surface area contributed by atoms with Gasteiger partial charge in [0.25, 0.3) is 0 Å². The summed E-state index contributed by atoms with van der Waals surface area (Å²) in [5.74, 6) is 1.34. The fourth-order valence-corrected chi connectivity index (χ4v) is 4.67. The zero-order valence-electron chi connectivity index (χ0n) is 15.1. The molecule has 2 atom stereocenters. The second-order valence-corrected chi connectivity index (χ2v) is 7.87. The lowest BCUT2D eigenvalue weighted by molar-refractivity contribution is -0.140. The summed E-state index contributed by atoms with van der Waals surface area (Å²) in [6.07, 6.45) is 2.10. The van der Waals surface area contributed by atoms with Crippen LogP contribution in [0.4, 0.5) is 0 Å². The number of nitrogens with zero attached hydrogens (tertiary/aromatic N) is 3. The lowest BCUT2D eigenvalue weighted by Gasteiger charge is -2.35. The van der Waals surface area contributed by atoms with E-state index in [4.69, 9.17) is 4.74 Å². The van der Waals surface area contributed by atoms with Gasteiger partial charge in [0.1, 0.15) is 5.75 Å². The second kappa shape index (κ2) is 7.76. The van der Waals surface area contributed by atoms with Gasteiger partial charge in [0.2, 0.25) is 5.91 Å². The lowest BCUT2D eigenvalue weighted by Crippen LogP contribution is -2.47. The minimum atomic E-state index is 0.113. The molecule has 26 heavy (non-hydrogen) atoms. The van der Waals surface area contributed by atoms with E-state index >= 15 is 0 Å². The molecular weight excluding hydrogens is 346 g/mol. The molecule has 0 spiro atoms. The maximum absolute atomic E-state index is 12.9. The van der Waals surface area contributed by atoms with E-state index in [1.807, 2.05) is 29.9 Å². The topological polar surface area (TPSA) is 45.7 Å². The molecule has 6 heteroatoms. The summed E-state index contributed by atoms with van der Waals surface area (Å²) in [6, 6.07) is 8.60. The van der Waals surface area contributed by atoms with Crippen molar-refractivity contribution >= 4 is 17.2 Å². The summed E-state index contributed by atoms with van der Waals surface area (Å²) < 4.78 is 5.62. The molecule has 3 saturated heterocycles. The molecule has 3 aliphatic rings. The van der Waals surface area contributed by atoms with E-state index in [1.54, 1.807) is 11.3 Å². The van der Waals surface area contributed by atoms with Crippen molar-refractivity contribution < 1.29 is 9.53 Å². The fraction of sp³-hybridized carbons (Fsp3) is 0.500. The predicted molar refractivity (Wildman–Crippen MR) is 102 cm³/mol. The first-order valence-electron chi connectivity index (χ1n) is 9.34. The molecule has 1 amide bonds. The third-order valence-electron chi connectivity index (χ3n) is 5.30. The van der Waals surface area contributed by atoms with Gasteiger partial charge in [-0.25, -0.2) is 4.98 Å². The van der Waals surface area contributed by atoms with E-state index < -0.39 is 0 Å². The number of piperidine rings is 1.